The highest BCUT2D eigenvalue weighted by atomic mass is 16.5. The van der Waals surface area contributed by atoms with Crippen molar-refractivity contribution in [3.63, 3.8) is 0 Å². The third-order valence-electron chi connectivity index (χ3n) is 3.07. The van der Waals surface area contributed by atoms with Crippen molar-refractivity contribution in [2.24, 2.45) is 0 Å². The molecule has 0 aromatic carbocycles. The first-order valence-corrected chi connectivity index (χ1v) is 6.37. The smallest absolute Gasteiger partial charge is 0.232 e. The molecule has 0 atom stereocenters. The highest BCUT2D eigenvalue weighted by molar-refractivity contribution is 5.74. The molecule has 2 heterocycles. The van der Waals surface area contributed by atoms with E-state index in [1.165, 1.54) is 12.0 Å². The van der Waals surface area contributed by atoms with Crippen LogP contribution in [0.3, 0.4) is 0 Å². The van der Waals surface area contributed by atoms with Crippen molar-refractivity contribution in [3.05, 3.63) is 17.8 Å². The minimum Gasteiger partial charge on any atom is -0.354 e. The third-order valence-corrected chi connectivity index (χ3v) is 3.07. The van der Waals surface area contributed by atoms with Gasteiger partial charge in [0.1, 0.15) is 0 Å². The van der Waals surface area contributed by atoms with Gasteiger partial charge in [-0.1, -0.05) is 24.6 Å². The zero-order chi connectivity index (χ0) is 12.1. The number of anilines is 1. The summed E-state index contributed by atoms with van der Waals surface area (Å²) < 4.78 is 5.28. The van der Waals surface area contributed by atoms with Crippen molar-refractivity contribution in [1.82, 2.24) is 10.1 Å². The molecule has 94 valence electrons. The monoisotopic (exact) mass is 235 g/mol. The van der Waals surface area contributed by atoms with E-state index in [1.807, 2.05) is 6.20 Å². The minimum absolute atomic E-state index is 0.819. The van der Waals surface area contributed by atoms with Gasteiger partial charge in [0.05, 0.1) is 11.8 Å². The van der Waals surface area contributed by atoms with E-state index in [0.29, 0.717) is 0 Å². The Morgan fingerprint density at radius 1 is 1.53 bits per heavy atom. The van der Waals surface area contributed by atoms with Crippen molar-refractivity contribution in [3.8, 4) is 0 Å². The van der Waals surface area contributed by atoms with E-state index < -0.39 is 0 Å². The van der Waals surface area contributed by atoms with E-state index in [1.54, 1.807) is 0 Å². The molecule has 1 aliphatic heterocycles. The average molecular weight is 235 g/mol. The first kappa shape index (κ1) is 12.2. The van der Waals surface area contributed by atoms with Crippen molar-refractivity contribution < 1.29 is 4.52 Å². The summed E-state index contributed by atoms with van der Waals surface area (Å²) in [4.78, 5) is 2.32. The SMILES string of the molecule is CCCCNc1oncc1C1=CCCN(C)C1. The zero-order valence-electron chi connectivity index (χ0n) is 10.7. The molecular formula is C13H21N3O. The van der Waals surface area contributed by atoms with Gasteiger partial charge in [0.2, 0.25) is 5.88 Å². The Hall–Kier alpha value is -1.29. The minimum atomic E-state index is 0.819. The largest absolute Gasteiger partial charge is 0.354 e. The lowest BCUT2D eigenvalue weighted by Gasteiger charge is -2.22. The van der Waals surface area contributed by atoms with E-state index in [9.17, 15) is 0 Å². The number of nitrogens with one attached hydrogen (secondary N) is 1. The molecule has 0 aliphatic carbocycles. The van der Waals surface area contributed by atoms with E-state index in [-0.39, 0.29) is 0 Å². The predicted molar refractivity (Wildman–Crippen MR) is 70.0 cm³/mol. The molecule has 0 fully saturated rings. The lowest BCUT2D eigenvalue weighted by atomic mass is 10.0. The number of likely N-dealkylation sites (N-methyl/N-ethyl adjacent to an activating group) is 1. The number of hydrogen-bond donors (Lipinski definition) is 1. The van der Waals surface area contributed by atoms with E-state index >= 15 is 0 Å². The fourth-order valence-electron chi connectivity index (χ4n) is 2.06. The average Bonchev–Trinajstić information content (AvgIpc) is 2.78. The summed E-state index contributed by atoms with van der Waals surface area (Å²) in [5.74, 6) is 0.819. The first-order valence-electron chi connectivity index (χ1n) is 6.37. The molecule has 0 unspecified atom stereocenters. The van der Waals surface area contributed by atoms with Gasteiger partial charge in [0.15, 0.2) is 0 Å². The van der Waals surface area contributed by atoms with Gasteiger partial charge in [-0.25, -0.2) is 0 Å². The van der Waals surface area contributed by atoms with Crippen molar-refractivity contribution >= 4 is 11.5 Å². The van der Waals surface area contributed by atoms with Crippen LogP contribution in [-0.4, -0.2) is 36.7 Å². The summed E-state index contributed by atoms with van der Waals surface area (Å²) in [6.07, 6.45) is 7.54. The van der Waals surface area contributed by atoms with Gasteiger partial charge in [-0.2, -0.15) is 0 Å². The van der Waals surface area contributed by atoms with Crippen molar-refractivity contribution in [2.75, 3.05) is 32.0 Å². The lowest BCUT2D eigenvalue weighted by Crippen LogP contribution is -2.25. The van der Waals surface area contributed by atoms with Gasteiger partial charge >= 0.3 is 0 Å². The Kier molecular flexibility index (Phi) is 4.20. The Morgan fingerprint density at radius 2 is 2.41 bits per heavy atom. The van der Waals surface area contributed by atoms with Crippen LogP contribution in [0.1, 0.15) is 31.7 Å². The summed E-state index contributed by atoms with van der Waals surface area (Å²) in [6.45, 7) is 5.24. The highest BCUT2D eigenvalue weighted by Gasteiger charge is 2.16. The van der Waals surface area contributed by atoms with Crippen LogP contribution in [0, 0.1) is 0 Å². The van der Waals surface area contributed by atoms with E-state index in [2.05, 4.69) is 35.4 Å². The fraction of sp³-hybridized carbons (Fsp3) is 0.615. The number of aromatic nitrogens is 1. The summed E-state index contributed by atoms with van der Waals surface area (Å²) in [5, 5.41) is 7.22. The molecule has 0 saturated carbocycles. The molecule has 0 saturated heterocycles. The lowest BCUT2D eigenvalue weighted by molar-refractivity contribution is 0.372. The van der Waals surface area contributed by atoms with Crippen LogP contribution in [0.15, 0.2) is 16.8 Å². The molecule has 4 nitrogen and oxygen atoms in total. The maximum absolute atomic E-state index is 5.28. The summed E-state index contributed by atoms with van der Waals surface area (Å²) >= 11 is 0. The normalized spacial score (nSPS) is 16.9. The van der Waals surface area contributed by atoms with Crippen LogP contribution in [0.4, 0.5) is 5.88 Å². The summed E-state index contributed by atoms with van der Waals surface area (Å²) in [5.41, 5.74) is 2.44. The molecule has 0 radical (unpaired) electrons. The second kappa shape index (κ2) is 5.87. The van der Waals surface area contributed by atoms with Crippen LogP contribution >= 0.6 is 0 Å². The van der Waals surface area contributed by atoms with Crippen LogP contribution in [0.2, 0.25) is 0 Å². The number of rotatable bonds is 5. The highest BCUT2D eigenvalue weighted by Crippen LogP contribution is 2.26. The van der Waals surface area contributed by atoms with Gasteiger partial charge < -0.3 is 14.7 Å². The quantitative estimate of drug-likeness (QED) is 0.796. The number of hydrogen-bond acceptors (Lipinski definition) is 4. The molecule has 1 N–H and O–H groups in total. The van der Waals surface area contributed by atoms with Crippen molar-refractivity contribution in [1.29, 1.82) is 0 Å². The standard InChI is InChI=1S/C13H21N3O/c1-3-4-7-14-13-12(9-15-17-13)11-6-5-8-16(2)10-11/h6,9,14H,3-5,7-8,10H2,1-2H3. The molecule has 0 bridgehead atoms. The second-order valence-electron chi connectivity index (χ2n) is 4.60. The fourth-order valence-corrected chi connectivity index (χ4v) is 2.06. The molecule has 1 aromatic heterocycles. The van der Waals surface area contributed by atoms with Crippen LogP contribution in [-0.2, 0) is 0 Å². The van der Waals surface area contributed by atoms with Crippen LogP contribution in [0.5, 0.6) is 0 Å². The van der Waals surface area contributed by atoms with Crippen LogP contribution in [0.25, 0.3) is 5.57 Å². The van der Waals surface area contributed by atoms with Gasteiger partial charge in [-0.05, 0) is 25.5 Å². The maximum Gasteiger partial charge on any atom is 0.232 e. The molecule has 0 amide bonds. The molecule has 4 heteroatoms. The Bertz CT molecular complexity index is 384. The van der Waals surface area contributed by atoms with Gasteiger partial charge in [-0.3, -0.25) is 0 Å². The summed E-state index contributed by atoms with van der Waals surface area (Å²) in [7, 11) is 2.14. The van der Waals surface area contributed by atoms with E-state index in [4.69, 9.17) is 4.52 Å². The van der Waals surface area contributed by atoms with Crippen LogP contribution < -0.4 is 5.32 Å². The Morgan fingerprint density at radius 3 is 3.18 bits per heavy atom. The van der Waals surface area contributed by atoms with E-state index in [0.717, 1.165) is 43.9 Å². The molecule has 2 rings (SSSR count). The summed E-state index contributed by atoms with van der Waals surface area (Å²) in [6, 6.07) is 0. The Balaban J connectivity index is 2.05. The number of unbranched alkanes of at least 4 members (excludes halogenated alkanes) is 1. The molecule has 1 aromatic rings. The van der Waals surface area contributed by atoms with Crippen molar-refractivity contribution in [2.45, 2.75) is 26.2 Å². The van der Waals surface area contributed by atoms with Gasteiger partial charge in [0.25, 0.3) is 0 Å². The third kappa shape index (κ3) is 3.09. The molecular weight excluding hydrogens is 214 g/mol. The molecule has 17 heavy (non-hydrogen) atoms. The topological polar surface area (TPSA) is 41.3 Å². The zero-order valence-corrected chi connectivity index (χ0v) is 10.7. The number of nitrogens with zero attached hydrogens (tertiary/aromatic N) is 2. The Labute approximate surface area is 103 Å². The first-order chi connectivity index (χ1) is 8.31. The second-order valence-corrected chi connectivity index (χ2v) is 4.60. The molecule has 0 spiro atoms. The van der Waals surface area contributed by atoms with Gasteiger partial charge in [-0.15, -0.1) is 0 Å². The van der Waals surface area contributed by atoms with Gasteiger partial charge in [0, 0.05) is 19.6 Å². The predicted octanol–water partition coefficient (Wildman–Crippen LogP) is 2.61. The molecule has 1 aliphatic rings. The maximum atomic E-state index is 5.28.